The summed E-state index contributed by atoms with van der Waals surface area (Å²) in [5, 5.41) is 13.9. The van der Waals surface area contributed by atoms with Crippen LogP contribution in [-0.4, -0.2) is 39.8 Å². The van der Waals surface area contributed by atoms with Gasteiger partial charge >= 0.3 is 0 Å². The molecule has 2 aliphatic rings. The Morgan fingerprint density at radius 3 is 2.96 bits per heavy atom. The molecule has 0 radical (unpaired) electrons. The largest absolute Gasteiger partial charge is 0.491 e. The van der Waals surface area contributed by atoms with Gasteiger partial charge < -0.3 is 4.74 Å². The maximum absolute atomic E-state index is 11.7. The number of fused-ring (bicyclic) bond motifs is 1. The number of hydrogen-bond acceptors (Lipinski definition) is 4. The number of hydrogen-bond donors (Lipinski definition) is 1. The molecule has 4 rings (SSSR count). The van der Waals surface area contributed by atoms with E-state index in [1.165, 1.54) is 0 Å². The molecule has 1 saturated carbocycles. The van der Waals surface area contributed by atoms with E-state index in [4.69, 9.17) is 4.74 Å². The van der Waals surface area contributed by atoms with Crippen molar-refractivity contribution in [1.29, 1.82) is 5.26 Å². The second kappa shape index (κ2) is 8.21. The molecule has 2 aromatic rings. The van der Waals surface area contributed by atoms with Crippen LogP contribution in [0.4, 0.5) is 0 Å². The molecule has 28 heavy (non-hydrogen) atoms. The van der Waals surface area contributed by atoms with E-state index in [-0.39, 0.29) is 16.4 Å². The van der Waals surface area contributed by atoms with Gasteiger partial charge in [0.2, 0.25) is 0 Å². The standard InChI is InChI=1S/C21H22N4O2S/c1-2-3-8-27-20-15(10-22)11-23-18-7-4-14(9-17(18)20)21(25-16-5-6-16)28-12-19(26)24-13-28/h4,7,9,11,13,16,25H,2-3,5-6,8,12H2,1H3. The summed E-state index contributed by atoms with van der Waals surface area (Å²) in [5.74, 6) is 0.938. The summed E-state index contributed by atoms with van der Waals surface area (Å²) in [6.45, 7) is 2.67. The van der Waals surface area contributed by atoms with Crippen molar-refractivity contribution in [3.8, 4) is 11.8 Å². The predicted molar refractivity (Wildman–Crippen MR) is 113 cm³/mol. The Kier molecular flexibility index (Phi) is 5.51. The van der Waals surface area contributed by atoms with Gasteiger partial charge in [0, 0.05) is 17.6 Å². The smallest absolute Gasteiger partial charge is 0.256 e. The molecule has 0 spiro atoms. The summed E-state index contributed by atoms with van der Waals surface area (Å²) in [7, 11) is -0.352. The molecule has 144 valence electrons. The first kappa shape index (κ1) is 18.8. The van der Waals surface area contributed by atoms with Gasteiger partial charge in [-0.15, -0.1) is 10.5 Å². The third-order valence-electron chi connectivity index (χ3n) is 4.72. The number of aromatic nitrogens is 1. The third-order valence-corrected chi connectivity index (χ3v) is 6.52. The quantitative estimate of drug-likeness (QED) is 0.600. The zero-order valence-electron chi connectivity index (χ0n) is 15.8. The van der Waals surface area contributed by atoms with Crippen molar-refractivity contribution >= 4 is 37.8 Å². The highest BCUT2D eigenvalue weighted by atomic mass is 32.2. The number of pyridine rings is 1. The fourth-order valence-corrected chi connectivity index (χ4v) is 4.70. The van der Waals surface area contributed by atoms with Crippen LogP contribution < -0.4 is 10.1 Å². The molecular formula is C21H22N4O2S. The Labute approximate surface area is 166 Å². The molecule has 6 nitrogen and oxygen atoms in total. The summed E-state index contributed by atoms with van der Waals surface area (Å²) in [6, 6.07) is 8.65. The molecule has 1 fully saturated rings. The van der Waals surface area contributed by atoms with E-state index < -0.39 is 0 Å². The van der Waals surface area contributed by atoms with Crippen molar-refractivity contribution in [2.45, 2.75) is 38.6 Å². The van der Waals surface area contributed by atoms with Crippen LogP contribution in [0.2, 0.25) is 0 Å². The summed E-state index contributed by atoms with van der Waals surface area (Å²) < 4.78 is 5.98. The van der Waals surface area contributed by atoms with Gasteiger partial charge in [-0.2, -0.15) is 5.26 Å². The fourth-order valence-electron chi connectivity index (χ4n) is 3.04. The highest BCUT2D eigenvalue weighted by Gasteiger charge is 2.25. The Morgan fingerprint density at radius 1 is 1.43 bits per heavy atom. The summed E-state index contributed by atoms with van der Waals surface area (Å²) in [5.41, 5.74) is 4.00. The van der Waals surface area contributed by atoms with E-state index in [2.05, 4.69) is 28.3 Å². The van der Waals surface area contributed by atoms with Crippen molar-refractivity contribution in [1.82, 2.24) is 10.3 Å². The number of nitrogens with zero attached hydrogens (tertiary/aromatic N) is 3. The minimum Gasteiger partial charge on any atom is -0.491 e. The molecule has 0 saturated heterocycles. The summed E-state index contributed by atoms with van der Waals surface area (Å²) in [6.07, 6.45) is 5.81. The molecular weight excluding hydrogens is 372 g/mol. The lowest BCUT2D eigenvalue weighted by molar-refractivity contribution is -0.115. The average Bonchev–Trinajstić information content (AvgIpc) is 3.44. The van der Waals surface area contributed by atoms with Crippen molar-refractivity contribution in [3.63, 3.8) is 0 Å². The average molecular weight is 395 g/mol. The second-order valence-corrected chi connectivity index (χ2v) is 8.76. The van der Waals surface area contributed by atoms with Crippen molar-refractivity contribution < 1.29 is 9.53 Å². The number of carbonyl (C=O) groups excluding carboxylic acids is 1. The van der Waals surface area contributed by atoms with Crippen molar-refractivity contribution in [2.24, 2.45) is 4.99 Å². The van der Waals surface area contributed by atoms with E-state index >= 15 is 0 Å². The normalized spacial score (nSPS) is 19.1. The van der Waals surface area contributed by atoms with E-state index in [1.807, 2.05) is 18.2 Å². The lowest BCUT2D eigenvalue weighted by Gasteiger charge is -2.15. The van der Waals surface area contributed by atoms with Crippen LogP contribution in [0.15, 0.2) is 29.4 Å². The molecule has 0 bridgehead atoms. The minimum atomic E-state index is -0.352. The highest BCUT2D eigenvalue weighted by molar-refractivity contribution is 8.28. The number of nitrogens with one attached hydrogen (secondary N) is 1. The Bertz CT molecular complexity index is 1030. The molecule has 1 unspecified atom stereocenters. The Balaban J connectivity index is 1.80. The first-order valence-electron chi connectivity index (χ1n) is 9.56. The monoisotopic (exact) mass is 394 g/mol. The number of unbranched alkanes of at least 4 members (excludes halogenated alkanes) is 1. The van der Waals surface area contributed by atoms with Crippen LogP contribution in [0.3, 0.4) is 0 Å². The van der Waals surface area contributed by atoms with Crippen LogP contribution in [0.25, 0.3) is 10.9 Å². The molecule has 1 atom stereocenters. The minimum absolute atomic E-state index is 0.0729. The number of carbonyl (C=O) groups is 1. The molecule has 1 amide bonds. The van der Waals surface area contributed by atoms with Crippen molar-refractivity contribution in [3.05, 3.63) is 35.5 Å². The van der Waals surface area contributed by atoms with Crippen LogP contribution in [-0.2, 0) is 4.79 Å². The number of aliphatic imine (C=N–C) groups is 1. The van der Waals surface area contributed by atoms with Gasteiger partial charge in [-0.05, 0) is 37.0 Å². The Morgan fingerprint density at radius 2 is 2.29 bits per heavy atom. The summed E-state index contributed by atoms with van der Waals surface area (Å²) >= 11 is 0. The SMILES string of the molecule is CCCCOc1c(C#N)cnc2ccc(/C(NC3CC3)=S3/C=NC(=O)C3)cc12. The van der Waals surface area contributed by atoms with Crippen LogP contribution in [0, 0.1) is 11.3 Å². The van der Waals surface area contributed by atoms with E-state index in [0.29, 0.717) is 29.7 Å². The maximum Gasteiger partial charge on any atom is 0.256 e. The molecule has 1 aromatic heterocycles. The first-order chi connectivity index (χ1) is 13.7. The molecule has 1 aliphatic heterocycles. The lowest BCUT2D eigenvalue weighted by Crippen LogP contribution is -2.27. The van der Waals surface area contributed by atoms with Gasteiger partial charge in [-0.1, -0.05) is 19.4 Å². The number of rotatable bonds is 6. The van der Waals surface area contributed by atoms with Gasteiger partial charge in [0.1, 0.15) is 17.4 Å². The zero-order chi connectivity index (χ0) is 19.5. The number of benzene rings is 1. The van der Waals surface area contributed by atoms with Gasteiger partial charge in [0.05, 0.1) is 28.4 Å². The fraction of sp³-hybridized carbons (Fsp3) is 0.381. The number of nitriles is 1. The number of ether oxygens (including phenoxy) is 1. The van der Waals surface area contributed by atoms with Crippen molar-refractivity contribution in [2.75, 3.05) is 12.4 Å². The van der Waals surface area contributed by atoms with Gasteiger partial charge in [-0.25, -0.2) is 4.99 Å². The molecule has 1 aromatic carbocycles. The van der Waals surface area contributed by atoms with Gasteiger partial charge in [0.15, 0.2) is 0 Å². The van der Waals surface area contributed by atoms with Crippen LogP contribution >= 0.6 is 10.5 Å². The zero-order valence-corrected chi connectivity index (χ0v) is 16.6. The van der Waals surface area contributed by atoms with Gasteiger partial charge in [0.25, 0.3) is 5.91 Å². The summed E-state index contributed by atoms with van der Waals surface area (Å²) in [4.78, 5) is 21.1. The number of amides is 1. The first-order valence-corrected chi connectivity index (χ1v) is 11.0. The van der Waals surface area contributed by atoms with E-state index in [0.717, 1.165) is 47.1 Å². The van der Waals surface area contributed by atoms with E-state index in [9.17, 15) is 10.1 Å². The second-order valence-electron chi connectivity index (χ2n) is 7.00. The molecule has 2 heterocycles. The molecule has 1 N–H and O–H groups in total. The van der Waals surface area contributed by atoms with Crippen LogP contribution in [0.5, 0.6) is 5.75 Å². The predicted octanol–water partition coefficient (Wildman–Crippen LogP) is 3.35. The van der Waals surface area contributed by atoms with E-state index in [1.54, 1.807) is 11.7 Å². The van der Waals surface area contributed by atoms with Crippen LogP contribution in [0.1, 0.15) is 43.7 Å². The van der Waals surface area contributed by atoms with Gasteiger partial charge in [-0.3, -0.25) is 15.1 Å². The lowest BCUT2D eigenvalue weighted by atomic mass is 10.1. The Hall–Kier alpha value is -2.56. The topological polar surface area (TPSA) is 87.4 Å². The maximum atomic E-state index is 11.7. The highest BCUT2D eigenvalue weighted by Crippen LogP contribution is 2.31. The third kappa shape index (κ3) is 3.98. The molecule has 1 aliphatic carbocycles. The molecule has 7 heteroatoms.